The molecule has 180 valence electrons. The summed E-state index contributed by atoms with van der Waals surface area (Å²) in [5.41, 5.74) is 3.15. The van der Waals surface area contributed by atoms with Gasteiger partial charge in [0.15, 0.2) is 6.61 Å². The van der Waals surface area contributed by atoms with E-state index in [4.69, 9.17) is 13.9 Å². The molecule has 8 heteroatoms. The number of benzene rings is 1. The highest BCUT2D eigenvalue weighted by molar-refractivity contribution is 7.17. The molecule has 0 aliphatic heterocycles. The first-order valence-electron chi connectivity index (χ1n) is 11.7. The second-order valence-corrected chi connectivity index (χ2v) is 9.48. The fourth-order valence-electron chi connectivity index (χ4n) is 4.42. The predicted octanol–water partition coefficient (Wildman–Crippen LogP) is 5.19. The van der Waals surface area contributed by atoms with E-state index < -0.39 is 11.6 Å². The lowest BCUT2D eigenvalue weighted by Gasteiger charge is -2.13. The molecule has 0 spiro atoms. The summed E-state index contributed by atoms with van der Waals surface area (Å²) in [6, 6.07) is 5.18. The van der Waals surface area contributed by atoms with Gasteiger partial charge < -0.3 is 19.2 Å². The summed E-state index contributed by atoms with van der Waals surface area (Å²) < 4.78 is 16.5. The quantitative estimate of drug-likeness (QED) is 0.350. The van der Waals surface area contributed by atoms with Crippen molar-refractivity contribution >= 4 is 39.2 Å². The van der Waals surface area contributed by atoms with Crippen LogP contribution in [0, 0.1) is 6.92 Å². The third kappa shape index (κ3) is 4.87. The number of rotatable bonds is 8. The van der Waals surface area contributed by atoms with Crippen molar-refractivity contribution in [1.82, 2.24) is 0 Å². The summed E-state index contributed by atoms with van der Waals surface area (Å²) in [6.45, 7) is 5.66. The summed E-state index contributed by atoms with van der Waals surface area (Å²) >= 11 is 1.44. The van der Waals surface area contributed by atoms with Crippen molar-refractivity contribution in [2.45, 2.75) is 59.3 Å². The molecule has 0 saturated carbocycles. The molecule has 1 aliphatic carbocycles. The second-order valence-electron chi connectivity index (χ2n) is 8.38. The smallest absolute Gasteiger partial charge is 0.341 e. The van der Waals surface area contributed by atoms with Gasteiger partial charge in [-0.05, 0) is 69.2 Å². The maximum atomic E-state index is 12.7. The van der Waals surface area contributed by atoms with Gasteiger partial charge in [-0.2, -0.15) is 0 Å². The average Bonchev–Trinajstić information content (AvgIpc) is 3.17. The molecular formula is C26H29NO6S. The first kappa shape index (κ1) is 24.0. The molecule has 1 N–H and O–H groups in total. The number of anilines is 1. The van der Waals surface area contributed by atoms with Gasteiger partial charge in [0, 0.05) is 21.9 Å². The van der Waals surface area contributed by atoms with E-state index in [1.54, 1.807) is 19.9 Å². The van der Waals surface area contributed by atoms with Crippen LogP contribution in [0.15, 0.2) is 27.4 Å². The van der Waals surface area contributed by atoms with Gasteiger partial charge in [0.1, 0.15) is 16.3 Å². The lowest BCUT2D eigenvalue weighted by atomic mass is 9.95. The third-order valence-corrected chi connectivity index (χ3v) is 7.19. The summed E-state index contributed by atoms with van der Waals surface area (Å²) in [6.07, 6.45) is 5.50. The van der Waals surface area contributed by atoms with Crippen LogP contribution in [0.2, 0.25) is 0 Å². The maximum absolute atomic E-state index is 12.7. The van der Waals surface area contributed by atoms with E-state index in [9.17, 15) is 14.4 Å². The Kier molecular flexibility index (Phi) is 7.36. The molecule has 1 aromatic carbocycles. The van der Waals surface area contributed by atoms with Crippen LogP contribution in [0.1, 0.15) is 65.0 Å². The Balaban J connectivity index is 1.53. The molecular weight excluding hydrogens is 454 g/mol. The normalized spacial score (nSPS) is 12.9. The monoisotopic (exact) mass is 483 g/mol. The van der Waals surface area contributed by atoms with E-state index in [1.807, 2.05) is 6.07 Å². The first-order valence-corrected chi connectivity index (χ1v) is 12.5. The maximum Gasteiger partial charge on any atom is 0.341 e. The zero-order valence-electron chi connectivity index (χ0n) is 19.7. The summed E-state index contributed by atoms with van der Waals surface area (Å²) in [5, 5.41) is 4.24. The topological polar surface area (TPSA) is 94.8 Å². The molecule has 1 aliphatic rings. The molecule has 0 atom stereocenters. The largest absolute Gasteiger partial charge is 0.483 e. The summed E-state index contributed by atoms with van der Waals surface area (Å²) in [4.78, 5) is 38.5. The Morgan fingerprint density at radius 1 is 1.18 bits per heavy atom. The van der Waals surface area contributed by atoms with Crippen LogP contribution in [0.25, 0.3) is 11.0 Å². The molecule has 3 aromatic rings. The summed E-state index contributed by atoms with van der Waals surface area (Å²) in [7, 11) is 0. The van der Waals surface area contributed by atoms with Crippen LogP contribution in [0.4, 0.5) is 5.00 Å². The molecule has 0 bridgehead atoms. The van der Waals surface area contributed by atoms with Crippen LogP contribution < -0.4 is 15.7 Å². The number of hydrogen-bond donors (Lipinski definition) is 1. The van der Waals surface area contributed by atoms with E-state index in [2.05, 4.69) is 12.2 Å². The zero-order valence-corrected chi connectivity index (χ0v) is 20.6. The molecule has 0 radical (unpaired) electrons. The van der Waals surface area contributed by atoms with Gasteiger partial charge in [0.25, 0.3) is 5.91 Å². The predicted molar refractivity (Wildman–Crippen MR) is 132 cm³/mol. The minimum Gasteiger partial charge on any atom is -0.483 e. The van der Waals surface area contributed by atoms with E-state index in [0.29, 0.717) is 27.5 Å². The molecule has 0 unspecified atom stereocenters. The van der Waals surface area contributed by atoms with E-state index in [-0.39, 0.29) is 19.1 Å². The molecule has 0 fully saturated rings. The Bertz CT molecular complexity index is 1290. The van der Waals surface area contributed by atoms with Gasteiger partial charge in [-0.1, -0.05) is 13.3 Å². The molecule has 4 rings (SSSR count). The Morgan fingerprint density at radius 2 is 1.97 bits per heavy atom. The lowest BCUT2D eigenvalue weighted by molar-refractivity contribution is -0.118. The van der Waals surface area contributed by atoms with E-state index in [0.717, 1.165) is 59.9 Å². The number of carbonyl (C=O) groups is 2. The van der Waals surface area contributed by atoms with Gasteiger partial charge in [-0.3, -0.25) is 4.79 Å². The van der Waals surface area contributed by atoms with Crippen molar-refractivity contribution in [2.75, 3.05) is 18.5 Å². The number of amides is 1. The van der Waals surface area contributed by atoms with Crippen LogP contribution in [0.5, 0.6) is 5.75 Å². The molecule has 0 saturated heterocycles. The van der Waals surface area contributed by atoms with Crippen LogP contribution in [-0.4, -0.2) is 25.1 Å². The van der Waals surface area contributed by atoms with Gasteiger partial charge in [0.05, 0.1) is 12.2 Å². The number of nitrogens with one attached hydrogen (secondary N) is 1. The van der Waals surface area contributed by atoms with Crippen molar-refractivity contribution in [3.05, 3.63) is 55.8 Å². The number of thiophene rings is 1. The molecule has 34 heavy (non-hydrogen) atoms. The second kappa shape index (κ2) is 10.4. The SMILES string of the molecule is CCCc1cc(=O)oc2c(C)c(OCC(=O)Nc3sc4c(c3C(=O)OCC)CCCC4)ccc12. The highest BCUT2D eigenvalue weighted by Gasteiger charge is 2.27. The Morgan fingerprint density at radius 3 is 2.74 bits per heavy atom. The fraction of sp³-hybridized carbons (Fsp3) is 0.423. The van der Waals surface area contributed by atoms with E-state index >= 15 is 0 Å². The van der Waals surface area contributed by atoms with Crippen molar-refractivity contribution < 1.29 is 23.5 Å². The minimum absolute atomic E-state index is 0.240. The number of fused-ring (bicyclic) bond motifs is 2. The van der Waals surface area contributed by atoms with Gasteiger partial charge in [0.2, 0.25) is 0 Å². The van der Waals surface area contributed by atoms with Crippen molar-refractivity contribution in [1.29, 1.82) is 0 Å². The summed E-state index contributed by atoms with van der Waals surface area (Å²) in [5.74, 6) is -0.304. The fourth-order valence-corrected chi connectivity index (χ4v) is 5.71. The third-order valence-electron chi connectivity index (χ3n) is 5.98. The van der Waals surface area contributed by atoms with Gasteiger partial charge >= 0.3 is 11.6 Å². The first-order chi connectivity index (χ1) is 16.4. The highest BCUT2D eigenvalue weighted by atomic mass is 32.1. The van der Waals surface area contributed by atoms with E-state index in [1.165, 1.54) is 17.4 Å². The van der Waals surface area contributed by atoms with Crippen molar-refractivity contribution in [2.24, 2.45) is 0 Å². The van der Waals surface area contributed by atoms with Gasteiger partial charge in [-0.25, -0.2) is 9.59 Å². The number of aryl methyl sites for hydroxylation is 3. The van der Waals surface area contributed by atoms with Gasteiger partial charge in [-0.15, -0.1) is 11.3 Å². The minimum atomic E-state index is -0.401. The van der Waals surface area contributed by atoms with Crippen LogP contribution in [-0.2, 0) is 28.8 Å². The van der Waals surface area contributed by atoms with Crippen molar-refractivity contribution in [3.63, 3.8) is 0 Å². The number of carbonyl (C=O) groups excluding carboxylic acids is 2. The highest BCUT2D eigenvalue weighted by Crippen LogP contribution is 2.38. The van der Waals surface area contributed by atoms with Crippen molar-refractivity contribution in [3.8, 4) is 5.75 Å². The molecule has 2 heterocycles. The average molecular weight is 484 g/mol. The lowest BCUT2D eigenvalue weighted by Crippen LogP contribution is -2.21. The van der Waals surface area contributed by atoms with Crippen LogP contribution in [0.3, 0.4) is 0 Å². The molecule has 2 aromatic heterocycles. The number of esters is 1. The Hall–Kier alpha value is -3.13. The molecule has 7 nitrogen and oxygen atoms in total. The number of ether oxygens (including phenoxy) is 2. The van der Waals surface area contributed by atoms with Crippen LogP contribution >= 0.6 is 11.3 Å². The molecule has 1 amide bonds. The standard InChI is InChI=1S/C26H29NO6S/c1-4-8-16-13-22(29)33-24-15(3)19(12-11-17(16)24)32-14-21(28)27-25-23(26(30)31-5-2)18-9-6-7-10-20(18)34-25/h11-13H,4-10,14H2,1-3H3,(H,27,28). The zero-order chi connectivity index (χ0) is 24.2. The number of hydrogen-bond acceptors (Lipinski definition) is 7. The Labute approximate surface area is 202 Å².